The quantitative estimate of drug-likeness (QED) is 0.277. The minimum atomic E-state index is -1.29. The van der Waals surface area contributed by atoms with E-state index in [1.807, 2.05) is 13.8 Å². The van der Waals surface area contributed by atoms with Crippen molar-refractivity contribution in [3.63, 3.8) is 0 Å². The highest BCUT2D eigenvalue weighted by atomic mass is 16.4. The molecule has 2 atom stereocenters. The zero-order chi connectivity index (χ0) is 19.2. The molecular formula is C12H25N3O8. The van der Waals surface area contributed by atoms with Crippen LogP contribution in [-0.2, 0) is 19.2 Å². The van der Waals surface area contributed by atoms with Crippen LogP contribution in [0.3, 0.4) is 0 Å². The highest BCUT2D eigenvalue weighted by Gasteiger charge is 2.14. The van der Waals surface area contributed by atoms with Gasteiger partial charge in [0.15, 0.2) is 0 Å². The molecule has 0 aromatic heterocycles. The summed E-state index contributed by atoms with van der Waals surface area (Å²) in [5, 5.41) is 31.9. The van der Waals surface area contributed by atoms with E-state index >= 15 is 0 Å². The van der Waals surface area contributed by atoms with Crippen molar-refractivity contribution in [3.05, 3.63) is 0 Å². The van der Waals surface area contributed by atoms with Crippen LogP contribution in [0.1, 0.15) is 26.7 Å². The van der Waals surface area contributed by atoms with E-state index in [4.69, 9.17) is 31.9 Å². The van der Waals surface area contributed by atoms with Crippen molar-refractivity contribution in [1.29, 1.82) is 0 Å². The van der Waals surface area contributed by atoms with Gasteiger partial charge in [-0.15, -0.1) is 0 Å². The number of carboxylic acids is 4. The molecular weight excluding hydrogens is 314 g/mol. The minimum absolute atomic E-state index is 0.278. The van der Waals surface area contributed by atoms with Crippen LogP contribution in [0.2, 0.25) is 0 Å². The standard InChI is InChI=1S/C6H13NO2.C4H7NO4.C2H5NO2/c1-4(2)3-5(7)6(8)9;5-2(4(8)9)1-3(6)7;3-1-2(4)5/h4-5H,3,7H2,1-2H3,(H,8,9);2H,1,5H2,(H,6,7)(H,8,9);1,3H2,(H,4,5)/t5-;2-;/m00./s1. The van der Waals surface area contributed by atoms with Gasteiger partial charge in [0.25, 0.3) is 0 Å². The second-order valence-corrected chi connectivity index (χ2v) is 4.71. The monoisotopic (exact) mass is 339 g/mol. The van der Waals surface area contributed by atoms with Gasteiger partial charge in [-0.2, -0.15) is 0 Å². The number of carboxylic acid groups (broad SMARTS) is 4. The van der Waals surface area contributed by atoms with E-state index in [2.05, 4.69) is 5.73 Å². The maximum atomic E-state index is 10.1. The van der Waals surface area contributed by atoms with E-state index < -0.39 is 42.4 Å². The van der Waals surface area contributed by atoms with Gasteiger partial charge in [-0.05, 0) is 12.3 Å². The predicted octanol–water partition coefficient (Wildman–Crippen LogP) is -1.65. The number of carbonyl (C=O) groups is 4. The summed E-state index contributed by atoms with van der Waals surface area (Å²) >= 11 is 0. The maximum absolute atomic E-state index is 10.1. The van der Waals surface area contributed by atoms with Gasteiger partial charge < -0.3 is 37.6 Å². The first-order chi connectivity index (χ1) is 10.3. The van der Waals surface area contributed by atoms with Crippen LogP contribution in [0, 0.1) is 5.92 Å². The van der Waals surface area contributed by atoms with Gasteiger partial charge >= 0.3 is 23.9 Å². The largest absolute Gasteiger partial charge is 0.481 e. The lowest BCUT2D eigenvalue weighted by Crippen LogP contribution is -2.32. The first kappa shape index (κ1) is 25.7. The van der Waals surface area contributed by atoms with E-state index in [1.54, 1.807) is 0 Å². The molecule has 0 spiro atoms. The average Bonchev–Trinajstić information content (AvgIpc) is 2.38. The van der Waals surface area contributed by atoms with Gasteiger partial charge in [0, 0.05) is 0 Å². The summed E-state index contributed by atoms with van der Waals surface area (Å²) in [6.45, 7) is 3.62. The van der Waals surface area contributed by atoms with Gasteiger partial charge in [0.1, 0.15) is 12.1 Å². The zero-order valence-electron chi connectivity index (χ0n) is 13.0. The van der Waals surface area contributed by atoms with Crippen LogP contribution in [0.5, 0.6) is 0 Å². The SMILES string of the molecule is CC(C)C[C@H](N)C(=O)O.NCC(=O)O.N[C@@H](CC(=O)O)C(=O)O. The first-order valence-corrected chi connectivity index (χ1v) is 6.45. The third kappa shape index (κ3) is 25.1. The summed E-state index contributed by atoms with van der Waals surface area (Å²) in [5.74, 6) is -4.02. The van der Waals surface area contributed by atoms with Crippen LogP contribution in [0.15, 0.2) is 0 Å². The fraction of sp³-hybridized carbons (Fsp3) is 0.667. The lowest BCUT2D eigenvalue weighted by Gasteiger charge is -2.07. The van der Waals surface area contributed by atoms with E-state index in [9.17, 15) is 19.2 Å². The summed E-state index contributed by atoms with van der Waals surface area (Å²) in [6, 6.07) is -1.98. The Balaban J connectivity index is -0.000000273. The Morgan fingerprint density at radius 2 is 1.17 bits per heavy atom. The van der Waals surface area contributed by atoms with Crippen molar-refractivity contribution in [2.45, 2.75) is 38.8 Å². The zero-order valence-corrected chi connectivity index (χ0v) is 13.0. The molecule has 0 bridgehead atoms. The molecule has 0 heterocycles. The van der Waals surface area contributed by atoms with Crippen LogP contribution in [-0.4, -0.2) is 62.9 Å². The van der Waals surface area contributed by atoms with Gasteiger partial charge in [-0.25, -0.2) is 0 Å². The highest BCUT2D eigenvalue weighted by Crippen LogP contribution is 2.01. The van der Waals surface area contributed by atoms with Crippen molar-refractivity contribution < 1.29 is 39.6 Å². The summed E-state index contributed by atoms with van der Waals surface area (Å²) in [6.07, 6.45) is 0.0185. The second kappa shape index (κ2) is 14.7. The van der Waals surface area contributed by atoms with Crippen molar-refractivity contribution in [2.75, 3.05) is 6.54 Å². The molecule has 11 heteroatoms. The van der Waals surface area contributed by atoms with Crippen LogP contribution in [0.25, 0.3) is 0 Å². The van der Waals surface area contributed by atoms with E-state index in [0.717, 1.165) is 0 Å². The van der Waals surface area contributed by atoms with Crippen molar-refractivity contribution in [3.8, 4) is 0 Å². The predicted molar refractivity (Wildman–Crippen MR) is 79.6 cm³/mol. The Hall–Kier alpha value is -2.24. The summed E-state index contributed by atoms with van der Waals surface area (Å²) in [5.41, 5.74) is 14.6. The average molecular weight is 339 g/mol. The molecule has 136 valence electrons. The molecule has 0 aromatic carbocycles. The van der Waals surface area contributed by atoms with Crippen molar-refractivity contribution in [2.24, 2.45) is 23.1 Å². The molecule has 23 heavy (non-hydrogen) atoms. The summed E-state index contributed by atoms with van der Waals surface area (Å²) in [4.78, 5) is 39.0. The fourth-order valence-electron chi connectivity index (χ4n) is 0.884. The molecule has 0 amide bonds. The number of hydrogen-bond donors (Lipinski definition) is 7. The molecule has 0 rings (SSSR count). The van der Waals surface area contributed by atoms with E-state index in [-0.39, 0.29) is 6.54 Å². The molecule has 0 aliphatic heterocycles. The molecule has 0 saturated heterocycles. The van der Waals surface area contributed by atoms with Crippen LogP contribution < -0.4 is 17.2 Å². The summed E-state index contributed by atoms with van der Waals surface area (Å²) in [7, 11) is 0. The third-order valence-corrected chi connectivity index (χ3v) is 1.93. The van der Waals surface area contributed by atoms with Gasteiger partial charge in [0.05, 0.1) is 13.0 Å². The van der Waals surface area contributed by atoms with Gasteiger partial charge in [0.2, 0.25) is 0 Å². The Kier molecular flexibility index (Phi) is 16.4. The number of rotatable bonds is 7. The Labute approximate surface area is 133 Å². The van der Waals surface area contributed by atoms with Crippen LogP contribution in [0.4, 0.5) is 0 Å². The molecule has 11 nitrogen and oxygen atoms in total. The fourth-order valence-corrected chi connectivity index (χ4v) is 0.884. The normalized spacial score (nSPS) is 11.9. The second-order valence-electron chi connectivity index (χ2n) is 4.71. The van der Waals surface area contributed by atoms with Crippen molar-refractivity contribution in [1.82, 2.24) is 0 Å². The first-order valence-electron chi connectivity index (χ1n) is 6.45. The molecule has 0 unspecified atom stereocenters. The Bertz CT molecular complexity index is 387. The molecule has 0 aromatic rings. The highest BCUT2D eigenvalue weighted by molar-refractivity contribution is 5.80. The summed E-state index contributed by atoms with van der Waals surface area (Å²) < 4.78 is 0. The molecule has 0 saturated carbocycles. The molecule has 0 aliphatic carbocycles. The lowest BCUT2D eigenvalue weighted by molar-refractivity contribution is -0.144. The number of aliphatic carboxylic acids is 4. The van der Waals surface area contributed by atoms with E-state index in [1.165, 1.54) is 0 Å². The Morgan fingerprint density at radius 1 is 0.826 bits per heavy atom. The maximum Gasteiger partial charge on any atom is 0.321 e. The molecule has 0 radical (unpaired) electrons. The molecule has 0 fully saturated rings. The van der Waals surface area contributed by atoms with Crippen LogP contribution >= 0.6 is 0 Å². The lowest BCUT2D eigenvalue weighted by atomic mass is 10.1. The molecule has 0 aliphatic rings. The smallest absolute Gasteiger partial charge is 0.321 e. The van der Waals surface area contributed by atoms with E-state index in [0.29, 0.717) is 12.3 Å². The van der Waals surface area contributed by atoms with Gasteiger partial charge in [-0.3, -0.25) is 19.2 Å². The van der Waals surface area contributed by atoms with Crippen molar-refractivity contribution >= 4 is 23.9 Å². The minimum Gasteiger partial charge on any atom is -0.481 e. The Morgan fingerprint density at radius 3 is 1.26 bits per heavy atom. The molecule has 10 N–H and O–H groups in total. The third-order valence-electron chi connectivity index (χ3n) is 1.93. The number of hydrogen-bond acceptors (Lipinski definition) is 7. The number of nitrogens with two attached hydrogens (primary N) is 3. The van der Waals surface area contributed by atoms with Gasteiger partial charge in [-0.1, -0.05) is 13.8 Å². The topological polar surface area (TPSA) is 227 Å².